The zero-order valence-corrected chi connectivity index (χ0v) is 19.9. The molecule has 33 heavy (non-hydrogen) atoms. The van der Waals surface area contributed by atoms with E-state index >= 15 is 0 Å². The molecular weight excluding hydrogens is 422 g/mol. The van der Waals surface area contributed by atoms with Crippen molar-refractivity contribution in [3.05, 3.63) is 12.1 Å². The minimum Gasteiger partial charge on any atom is -0.493 e. The fourth-order valence-electron chi connectivity index (χ4n) is 4.37. The normalized spacial score (nSPS) is 17.4. The highest BCUT2D eigenvalue weighted by Gasteiger charge is 2.19. The molecule has 0 unspecified atom stereocenters. The van der Waals surface area contributed by atoms with Crippen LogP contribution in [-0.2, 0) is 9.47 Å². The summed E-state index contributed by atoms with van der Waals surface area (Å²) in [4.78, 5) is 12.0. The Morgan fingerprint density at radius 2 is 1.88 bits per heavy atom. The highest BCUT2D eigenvalue weighted by atomic mass is 16.5. The van der Waals surface area contributed by atoms with Gasteiger partial charge < -0.3 is 34.5 Å². The van der Waals surface area contributed by atoms with Crippen LogP contribution in [0.5, 0.6) is 11.5 Å². The Morgan fingerprint density at radius 1 is 1.06 bits per heavy atom. The van der Waals surface area contributed by atoms with Gasteiger partial charge >= 0.3 is 0 Å². The van der Waals surface area contributed by atoms with Gasteiger partial charge in [0.2, 0.25) is 5.95 Å². The molecule has 1 aromatic heterocycles. The van der Waals surface area contributed by atoms with Crippen LogP contribution in [0.1, 0.15) is 32.1 Å². The number of fused-ring (bicyclic) bond motifs is 1. The molecule has 0 saturated carbocycles. The number of ether oxygens (including phenoxy) is 4. The van der Waals surface area contributed by atoms with Crippen molar-refractivity contribution in [1.29, 1.82) is 0 Å². The molecule has 2 aromatic rings. The minimum absolute atomic E-state index is 0.316. The van der Waals surface area contributed by atoms with Crippen LogP contribution >= 0.6 is 0 Å². The van der Waals surface area contributed by atoms with Gasteiger partial charge in [-0.15, -0.1) is 0 Å². The number of nitrogens with zero attached hydrogens (tertiary/aromatic N) is 3. The molecule has 9 heteroatoms. The molecule has 2 saturated heterocycles. The van der Waals surface area contributed by atoms with E-state index in [2.05, 4.69) is 15.5 Å². The third-order valence-corrected chi connectivity index (χ3v) is 6.21. The van der Waals surface area contributed by atoms with Crippen LogP contribution in [0.25, 0.3) is 10.9 Å². The van der Waals surface area contributed by atoms with Crippen LogP contribution in [0.15, 0.2) is 12.1 Å². The summed E-state index contributed by atoms with van der Waals surface area (Å²) in [7, 11) is 3.35. The first-order valence-corrected chi connectivity index (χ1v) is 12.1. The van der Waals surface area contributed by atoms with Gasteiger partial charge in [-0.25, -0.2) is 4.98 Å². The number of hydrogen-bond donors (Lipinski definition) is 2. The molecule has 2 aliphatic heterocycles. The Hall–Kier alpha value is -2.36. The molecule has 0 bridgehead atoms. The molecule has 0 spiro atoms. The van der Waals surface area contributed by atoms with Crippen molar-refractivity contribution < 1.29 is 18.9 Å². The van der Waals surface area contributed by atoms with Crippen molar-refractivity contribution in [1.82, 2.24) is 14.9 Å². The van der Waals surface area contributed by atoms with E-state index in [4.69, 9.17) is 28.9 Å². The molecule has 2 aliphatic rings. The van der Waals surface area contributed by atoms with Crippen LogP contribution in [0.2, 0.25) is 0 Å². The second-order valence-corrected chi connectivity index (χ2v) is 8.62. The topological polar surface area (TPSA) is 90.0 Å². The molecule has 0 atom stereocenters. The van der Waals surface area contributed by atoms with Gasteiger partial charge in [-0.05, 0) is 51.3 Å². The SMILES string of the molecule is COCCNc1nc(NC2CCOCC2)c2cc(OC)c(OCCCN3CCCC3)cc2n1. The van der Waals surface area contributed by atoms with Crippen LogP contribution in [0.3, 0.4) is 0 Å². The number of anilines is 2. The van der Waals surface area contributed by atoms with E-state index in [1.807, 2.05) is 12.1 Å². The van der Waals surface area contributed by atoms with Crippen molar-refractivity contribution in [2.24, 2.45) is 0 Å². The van der Waals surface area contributed by atoms with E-state index in [-0.39, 0.29) is 0 Å². The van der Waals surface area contributed by atoms with E-state index in [1.165, 1.54) is 25.9 Å². The van der Waals surface area contributed by atoms with Crippen molar-refractivity contribution >= 4 is 22.7 Å². The smallest absolute Gasteiger partial charge is 0.225 e. The standard InChI is InChI=1S/C24H37N5O4/c1-30-15-8-25-24-27-20-17-22(33-12-5-11-29-9-3-4-10-29)21(31-2)16-19(20)23(28-24)26-18-6-13-32-14-7-18/h16-18H,3-15H2,1-2H3,(H2,25,26,27,28). The number of aromatic nitrogens is 2. The van der Waals surface area contributed by atoms with Crippen LogP contribution in [0.4, 0.5) is 11.8 Å². The summed E-state index contributed by atoms with van der Waals surface area (Å²) in [5.74, 6) is 2.78. The van der Waals surface area contributed by atoms with Gasteiger partial charge in [-0.2, -0.15) is 4.98 Å². The number of hydrogen-bond acceptors (Lipinski definition) is 9. The lowest BCUT2D eigenvalue weighted by molar-refractivity contribution is 0.0904. The Balaban J connectivity index is 1.53. The van der Waals surface area contributed by atoms with Gasteiger partial charge in [-0.1, -0.05) is 0 Å². The molecule has 0 amide bonds. The number of nitrogens with one attached hydrogen (secondary N) is 2. The van der Waals surface area contributed by atoms with E-state index in [1.54, 1.807) is 14.2 Å². The first-order chi connectivity index (χ1) is 16.3. The second kappa shape index (κ2) is 12.2. The molecule has 0 radical (unpaired) electrons. The third kappa shape index (κ3) is 6.59. The van der Waals surface area contributed by atoms with Crippen LogP contribution < -0.4 is 20.1 Å². The van der Waals surface area contributed by atoms with Crippen molar-refractivity contribution in [2.75, 3.05) is 77.5 Å². The summed E-state index contributed by atoms with van der Waals surface area (Å²) in [6, 6.07) is 4.25. The Morgan fingerprint density at radius 3 is 2.64 bits per heavy atom. The largest absolute Gasteiger partial charge is 0.493 e. The maximum atomic E-state index is 6.13. The number of methoxy groups -OCH3 is 2. The zero-order chi connectivity index (χ0) is 22.9. The average Bonchev–Trinajstić information content (AvgIpc) is 3.36. The van der Waals surface area contributed by atoms with Gasteiger partial charge in [0.1, 0.15) is 5.82 Å². The predicted molar refractivity (Wildman–Crippen MR) is 130 cm³/mol. The predicted octanol–water partition coefficient (Wildman–Crippen LogP) is 3.15. The van der Waals surface area contributed by atoms with Gasteiger partial charge in [0.25, 0.3) is 0 Å². The van der Waals surface area contributed by atoms with Crippen molar-refractivity contribution in [3.8, 4) is 11.5 Å². The van der Waals surface area contributed by atoms with Gasteiger partial charge in [-0.3, -0.25) is 0 Å². The molecule has 2 N–H and O–H groups in total. The maximum Gasteiger partial charge on any atom is 0.225 e. The van der Waals surface area contributed by atoms with E-state index < -0.39 is 0 Å². The lowest BCUT2D eigenvalue weighted by atomic mass is 10.1. The third-order valence-electron chi connectivity index (χ3n) is 6.21. The first-order valence-electron chi connectivity index (χ1n) is 12.1. The van der Waals surface area contributed by atoms with E-state index in [9.17, 15) is 0 Å². The Bertz CT molecular complexity index is 885. The monoisotopic (exact) mass is 459 g/mol. The van der Waals surface area contributed by atoms with Gasteiger partial charge in [0.15, 0.2) is 11.5 Å². The summed E-state index contributed by atoms with van der Waals surface area (Å²) >= 11 is 0. The highest BCUT2D eigenvalue weighted by Crippen LogP contribution is 2.35. The van der Waals surface area contributed by atoms with Crippen molar-refractivity contribution in [2.45, 2.75) is 38.1 Å². The summed E-state index contributed by atoms with van der Waals surface area (Å²) in [5, 5.41) is 7.78. The molecule has 1 aromatic carbocycles. The van der Waals surface area contributed by atoms with E-state index in [0.717, 1.165) is 55.7 Å². The highest BCUT2D eigenvalue weighted by molar-refractivity contribution is 5.92. The lowest BCUT2D eigenvalue weighted by Crippen LogP contribution is -2.28. The fourth-order valence-corrected chi connectivity index (χ4v) is 4.37. The molecule has 9 nitrogen and oxygen atoms in total. The van der Waals surface area contributed by atoms with Gasteiger partial charge in [0, 0.05) is 50.9 Å². The zero-order valence-electron chi connectivity index (χ0n) is 19.9. The molecule has 0 aliphatic carbocycles. The molecule has 3 heterocycles. The van der Waals surface area contributed by atoms with Crippen LogP contribution in [0, 0.1) is 0 Å². The average molecular weight is 460 g/mol. The summed E-state index contributed by atoms with van der Waals surface area (Å²) in [5.41, 5.74) is 0.815. The number of benzene rings is 1. The first kappa shape index (κ1) is 23.8. The van der Waals surface area contributed by atoms with Crippen molar-refractivity contribution in [3.63, 3.8) is 0 Å². The molecular formula is C24H37N5O4. The second-order valence-electron chi connectivity index (χ2n) is 8.62. The quantitative estimate of drug-likeness (QED) is 0.465. The van der Waals surface area contributed by atoms with Crippen LogP contribution in [-0.4, -0.2) is 87.7 Å². The lowest BCUT2D eigenvalue weighted by Gasteiger charge is -2.24. The van der Waals surface area contributed by atoms with Gasteiger partial charge in [0.05, 0.1) is 25.8 Å². The number of likely N-dealkylation sites (tertiary alicyclic amines) is 1. The summed E-state index contributed by atoms with van der Waals surface area (Å²) in [6.45, 7) is 6.87. The fraction of sp³-hybridized carbons (Fsp3) is 0.667. The number of rotatable bonds is 12. The minimum atomic E-state index is 0.316. The van der Waals surface area contributed by atoms with E-state index in [0.29, 0.717) is 43.2 Å². The molecule has 2 fully saturated rings. The summed E-state index contributed by atoms with van der Waals surface area (Å²) in [6.07, 6.45) is 5.51. The Kier molecular flexibility index (Phi) is 8.79. The summed E-state index contributed by atoms with van der Waals surface area (Å²) < 4.78 is 22.5. The molecule has 4 rings (SSSR count). The maximum absolute atomic E-state index is 6.13. The molecule has 182 valence electrons. The Labute approximate surface area is 196 Å².